The van der Waals surface area contributed by atoms with E-state index in [1.165, 1.54) is 0 Å². The van der Waals surface area contributed by atoms with E-state index >= 15 is 0 Å². The number of benzene rings is 1. The molecule has 2 N–H and O–H groups in total. The van der Waals surface area contributed by atoms with Crippen molar-refractivity contribution in [3.8, 4) is 0 Å². The molecule has 0 radical (unpaired) electrons. The molecule has 0 atom stereocenters. The number of rotatable bonds is 4. The summed E-state index contributed by atoms with van der Waals surface area (Å²) in [6.07, 6.45) is -2.71. The van der Waals surface area contributed by atoms with Crippen molar-refractivity contribution in [1.29, 1.82) is 0 Å². The fraction of sp³-hybridized carbons (Fsp3) is 0.267. The zero-order valence-electron chi connectivity index (χ0n) is 12.2. The van der Waals surface area contributed by atoms with Crippen LogP contribution < -0.4 is 5.32 Å². The molecule has 0 aliphatic carbocycles. The Hall–Kier alpha value is -2.57. The maximum Gasteiger partial charge on any atom is 0.297 e. The smallest absolute Gasteiger partial charge is 0.297 e. The molecule has 3 rings (SSSR count). The van der Waals surface area contributed by atoms with E-state index in [2.05, 4.69) is 25.3 Å². The molecule has 0 aliphatic heterocycles. The van der Waals surface area contributed by atoms with Crippen molar-refractivity contribution in [1.82, 2.24) is 19.9 Å². The van der Waals surface area contributed by atoms with Gasteiger partial charge >= 0.3 is 0 Å². The van der Waals surface area contributed by atoms with Gasteiger partial charge in [-0.25, -0.2) is 23.7 Å². The lowest BCUT2D eigenvalue weighted by Crippen LogP contribution is -2.07. The van der Waals surface area contributed by atoms with E-state index in [1.54, 1.807) is 18.2 Å². The molecule has 2 aromatic heterocycles. The summed E-state index contributed by atoms with van der Waals surface area (Å²) in [6.45, 7) is 4.21. The number of imidazole rings is 1. The van der Waals surface area contributed by atoms with Gasteiger partial charge in [-0.1, -0.05) is 12.1 Å². The van der Waals surface area contributed by atoms with Crippen molar-refractivity contribution in [2.75, 3.05) is 5.32 Å². The molecule has 7 heteroatoms. The first-order chi connectivity index (χ1) is 10.5. The number of aromatic amines is 1. The van der Waals surface area contributed by atoms with Gasteiger partial charge in [-0.15, -0.1) is 0 Å². The normalized spacial score (nSPS) is 11.3. The van der Waals surface area contributed by atoms with Crippen molar-refractivity contribution >= 4 is 16.7 Å². The molecule has 0 saturated carbocycles. The number of aryl methyl sites for hydroxylation is 2. The molecule has 22 heavy (non-hydrogen) atoms. The highest BCUT2D eigenvalue weighted by Gasteiger charge is 2.15. The summed E-state index contributed by atoms with van der Waals surface area (Å²) < 4.78 is 25.8. The predicted octanol–water partition coefficient (Wildman–Crippen LogP) is 3.52. The van der Waals surface area contributed by atoms with Gasteiger partial charge in [-0.05, 0) is 26.0 Å². The molecule has 2 heterocycles. The Morgan fingerprint density at radius 2 is 1.91 bits per heavy atom. The lowest BCUT2D eigenvalue weighted by Gasteiger charge is -2.09. The molecule has 0 unspecified atom stereocenters. The van der Waals surface area contributed by atoms with Crippen LogP contribution in [0.5, 0.6) is 0 Å². The predicted molar refractivity (Wildman–Crippen MR) is 79.9 cm³/mol. The Balaban J connectivity index is 1.94. The number of aromatic nitrogens is 4. The number of nitrogens with zero attached hydrogens (tertiary/aromatic N) is 3. The van der Waals surface area contributed by atoms with Gasteiger partial charge in [-0.3, -0.25) is 0 Å². The minimum absolute atomic E-state index is 0.373. The van der Waals surface area contributed by atoms with Gasteiger partial charge in [0.2, 0.25) is 0 Å². The Morgan fingerprint density at radius 3 is 2.59 bits per heavy atom. The molecule has 0 saturated heterocycles. The van der Waals surface area contributed by atoms with Crippen LogP contribution in [0.2, 0.25) is 0 Å². The van der Waals surface area contributed by atoms with Gasteiger partial charge in [0.1, 0.15) is 11.6 Å². The number of para-hydroxylation sites is 1. The van der Waals surface area contributed by atoms with Gasteiger partial charge in [0.05, 0.1) is 17.8 Å². The molecule has 0 bridgehead atoms. The number of H-pyrrole nitrogens is 1. The maximum atomic E-state index is 12.9. The van der Waals surface area contributed by atoms with Gasteiger partial charge in [-0.2, -0.15) is 0 Å². The molecular weight excluding hydrogens is 288 g/mol. The van der Waals surface area contributed by atoms with E-state index < -0.39 is 12.2 Å². The lowest BCUT2D eigenvalue weighted by atomic mass is 10.2. The summed E-state index contributed by atoms with van der Waals surface area (Å²) in [5.41, 5.74) is 2.39. The summed E-state index contributed by atoms with van der Waals surface area (Å²) in [6, 6.07) is 7.06. The SMILES string of the molecule is Cc1nc(CNc2nc(C(F)F)nc3ccccc23)[nH]c1C. The largest absolute Gasteiger partial charge is 0.362 e. The number of anilines is 1. The Labute approximate surface area is 125 Å². The second kappa shape index (κ2) is 5.67. The van der Waals surface area contributed by atoms with Gasteiger partial charge in [0.15, 0.2) is 5.82 Å². The summed E-state index contributed by atoms with van der Waals surface area (Å²) >= 11 is 0. The van der Waals surface area contributed by atoms with E-state index in [0.29, 0.717) is 23.3 Å². The number of halogens is 2. The van der Waals surface area contributed by atoms with Crippen LogP contribution in [-0.2, 0) is 6.54 Å². The minimum atomic E-state index is -2.71. The topological polar surface area (TPSA) is 66.5 Å². The molecule has 1 aromatic carbocycles. The lowest BCUT2D eigenvalue weighted by molar-refractivity contribution is 0.141. The zero-order valence-corrected chi connectivity index (χ0v) is 12.2. The highest BCUT2D eigenvalue weighted by molar-refractivity contribution is 5.88. The summed E-state index contributed by atoms with van der Waals surface area (Å²) in [4.78, 5) is 15.3. The fourth-order valence-electron chi connectivity index (χ4n) is 2.20. The van der Waals surface area contributed by atoms with Crippen molar-refractivity contribution in [2.24, 2.45) is 0 Å². The molecular formula is C15H15F2N5. The molecule has 0 spiro atoms. The third kappa shape index (κ3) is 2.74. The van der Waals surface area contributed by atoms with Crippen LogP contribution in [0, 0.1) is 13.8 Å². The third-order valence-electron chi connectivity index (χ3n) is 3.42. The fourth-order valence-corrected chi connectivity index (χ4v) is 2.20. The number of hydrogen-bond acceptors (Lipinski definition) is 4. The minimum Gasteiger partial charge on any atom is -0.362 e. The number of hydrogen-bond donors (Lipinski definition) is 2. The highest BCUT2D eigenvalue weighted by atomic mass is 19.3. The molecule has 0 fully saturated rings. The summed E-state index contributed by atoms with van der Waals surface area (Å²) in [7, 11) is 0. The monoisotopic (exact) mass is 303 g/mol. The van der Waals surface area contributed by atoms with E-state index in [9.17, 15) is 8.78 Å². The molecule has 5 nitrogen and oxygen atoms in total. The zero-order chi connectivity index (χ0) is 15.7. The standard InChI is InChI=1S/C15H15F2N5/c1-8-9(2)20-12(19-8)7-18-14-10-5-3-4-6-11(10)21-15(22-14)13(16)17/h3-6,13H,7H2,1-2H3,(H,19,20)(H,18,21,22). The number of alkyl halides is 2. The van der Waals surface area contributed by atoms with Crippen LogP contribution >= 0.6 is 0 Å². The Morgan fingerprint density at radius 1 is 1.14 bits per heavy atom. The molecule has 114 valence electrons. The van der Waals surface area contributed by atoms with Crippen molar-refractivity contribution < 1.29 is 8.78 Å². The first-order valence-electron chi connectivity index (χ1n) is 6.85. The first kappa shape index (κ1) is 14.4. The van der Waals surface area contributed by atoms with E-state index in [0.717, 1.165) is 17.2 Å². The van der Waals surface area contributed by atoms with Gasteiger partial charge in [0.25, 0.3) is 6.43 Å². The van der Waals surface area contributed by atoms with E-state index in [-0.39, 0.29) is 0 Å². The number of fused-ring (bicyclic) bond motifs is 1. The van der Waals surface area contributed by atoms with E-state index in [4.69, 9.17) is 0 Å². The highest BCUT2D eigenvalue weighted by Crippen LogP contribution is 2.24. The van der Waals surface area contributed by atoms with Crippen LogP contribution in [-0.4, -0.2) is 19.9 Å². The average Bonchev–Trinajstić information content (AvgIpc) is 2.83. The molecule has 3 aromatic rings. The van der Waals surface area contributed by atoms with Crippen LogP contribution in [0.3, 0.4) is 0 Å². The van der Waals surface area contributed by atoms with Crippen molar-refractivity contribution in [3.05, 3.63) is 47.3 Å². The maximum absolute atomic E-state index is 12.9. The summed E-state index contributed by atoms with van der Waals surface area (Å²) in [5.74, 6) is 0.636. The quantitative estimate of drug-likeness (QED) is 0.774. The average molecular weight is 303 g/mol. The second-order valence-electron chi connectivity index (χ2n) is 5.00. The summed E-state index contributed by atoms with van der Waals surface area (Å²) in [5, 5.41) is 3.76. The van der Waals surface area contributed by atoms with Gasteiger partial charge < -0.3 is 10.3 Å². The van der Waals surface area contributed by atoms with Gasteiger partial charge in [0, 0.05) is 11.1 Å². The van der Waals surface area contributed by atoms with E-state index in [1.807, 2.05) is 19.9 Å². The van der Waals surface area contributed by atoms with Crippen LogP contribution in [0.25, 0.3) is 10.9 Å². The van der Waals surface area contributed by atoms with Crippen LogP contribution in [0.15, 0.2) is 24.3 Å². The Bertz CT molecular complexity index is 793. The first-order valence-corrected chi connectivity index (χ1v) is 6.85. The van der Waals surface area contributed by atoms with Crippen LogP contribution in [0.4, 0.5) is 14.6 Å². The van der Waals surface area contributed by atoms with Crippen LogP contribution in [0.1, 0.15) is 29.5 Å². The Kier molecular flexibility index (Phi) is 3.70. The van der Waals surface area contributed by atoms with Crippen molar-refractivity contribution in [3.63, 3.8) is 0 Å². The second-order valence-corrected chi connectivity index (χ2v) is 5.00. The number of nitrogens with one attached hydrogen (secondary N) is 2. The molecule has 0 amide bonds. The third-order valence-corrected chi connectivity index (χ3v) is 3.42. The van der Waals surface area contributed by atoms with Crippen molar-refractivity contribution in [2.45, 2.75) is 26.8 Å². The molecule has 0 aliphatic rings.